The van der Waals surface area contributed by atoms with Crippen molar-refractivity contribution >= 4 is 22.4 Å². The third kappa shape index (κ3) is 1.54. The van der Waals surface area contributed by atoms with Crippen LogP contribution in [0.3, 0.4) is 0 Å². The molecule has 0 radical (unpaired) electrons. The zero-order valence-corrected chi connectivity index (χ0v) is 8.67. The van der Waals surface area contributed by atoms with Crippen molar-refractivity contribution in [2.24, 2.45) is 0 Å². The van der Waals surface area contributed by atoms with Gasteiger partial charge in [0.2, 0.25) is 0 Å². The Kier molecular flexibility index (Phi) is 2.40. The maximum absolute atomic E-state index is 10.8. The molecule has 0 aliphatic heterocycles. The summed E-state index contributed by atoms with van der Waals surface area (Å²) in [6.45, 7) is 1.87. The van der Waals surface area contributed by atoms with Gasteiger partial charge in [0.05, 0.1) is 4.92 Å². The van der Waals surface area contributed by atoms with Crippen molar-refractivity contribution in [2.75, 3.05) is 5.73 Å². The number of anilines is 1. The van der Waals surface area contributed by atoms with Crippen LogP contribution >= 0.6 is 0 Å². The monoisotopic (exact) mass is 218 g/mol. The second kappa shape index (κ2) is 3.73. The predicted molar refractivity (Wildman–Crippen MR) is 60.0 cm³/mol. The summed E-state index contributed by atoms with van der Waals surface area (Å²) in [5, 5.41) is 11.3. The van der Waals surface area contributed by atoms with Gasteiger partial charge in [-0.1, -0.05) is 13.0 Å². The lowest BCUT2D eigenvalue weighted by Gasteiger charge is -2.03. The van der Waals surface area contributed by atoms with Crippen molar-refractivity contribution in [1.82, 2.24) is 9.97 Å². The lowest BCUT2D eigenvalue weighted by Crippen LogP contribution is -2.01. The average Bonchev–Trinajstić information content (AvgIpc) is 2.28. The number of benzene rings is 1. The molecule has 0 aliphatic rings. The molecular formula is C10H10N4O2. The molecule has 0 fully saturated rings. The smallest absolute Gasteiger partial charge is 0.295 e. The van der Waals surface area contributed by atoms with Crippen LogP contribution in [-0.4, -0.2) is 14.9 Å². The van der Waals surface area contributed by atoms with E-state index in [-0.39, 0.29) is 11.5 Å². The first-order chi connectivity index (χ1) is 7.63. The Labute approximate surface area is 91.3 Å². The molecule has 0 aliphatic carbocycles. The fraction of sp³-hybridized carbons (Fsp3) is 0.200. The molecule has 16 heavy (non-hydrogen) atoms. The normalized spacial score (nSPS) is 10.6. The number of aryl methyl sites for hydroxylation is 1. The van der Waals surface area contributed by atoms with Crippen LogP contribution in [0.25, 0.3) is 10.9 Å². The standard InChI is InChI=1S/C10H10N4O2/c1-2-8-12-9-6(10(11)13-8)4-3-5-7(9)14(15)16/h3-5H,2H2,1H3,(H2,11,12,13). The maximum atomic E-state index is 10.8. The number of nitrogen functional groups attached to an aromatic ring is 1. The van der Waals surface area contributed by atoms with Crippen LogP contribution in [0.1, 0.15) is 12.7 Å². The fourth-order valence-corrected chi connectivity index (χ4v) is 1.51. The molecule has 1 heterocycles. The second-order valence-electron chi connectivity index (χ2n) is 3.31. The van der Waals surface area contributed by atoms with E-state index < -0.39 is 4.92 Å². The van der Waals surface area contributed by atoms with Gasteiger partial charge in [-0.2, -0.15) is 0 Å². The van der Waals surface area contributed by atoms with Crippen LogP contribution in [0, 0.1) is 10.1 Å². The highest BCUT2D eigenvalue weighted by atomic mass is 16.6. The van der Waals surface area contributed by atoms with Crippen LogP contribution in [0.4, 0.5) is 11.5 Å². The molecule has 2 rings (SSSR count). The third-order valence-electron chi connectivity index (χ3n) is 2.29. The summed E-state index contributed by atoms with van der Waals surface area (Å²) in [6, 6.07) is 4.66. The number of fused-ring (bicyclic) bond motifs is 1. The highest BCUT2D eigenvalue weighted by Crippen LogP contribution is 2.26. The molecule has 6 heteroatoms. The molecule has 2 N–H and O–H groups in total. The number of para-hydroxylation sites is 1. The van der Waals surface area contributed by atoms with E-state index in [1.54, 1.807) is 12.1 Å². The Morgan fingerprint density at radius 2 is 2.19 bits per heavy atom. The molecule has 82 valence electrons. The first kappa shape index (κ1) is 10.3. The molecule has 0 saturated heterocycles. The number of hydrogen-bond donors (Lipinski definition) is 1. The number of aromatic nitrogens is 2. The van der Waals surface area contributed by atoms with Gasteiger partial charge in [-0.3, -0.25) is 10.1 Å². The van der Waals surface area contributed by atoms with E-state index in [2.05, 4.69) is 9.97 Å². The van der Waals surface area contributed by atoms with Gasteiger partial charge in [0.15, 0.2) is 5.52 Å². The van der Waals surface area contributed by atoms with Gasteiger partial charge in [-0.15, -0.1) is 0 Å². The van der Waals surface area contributed by atoms with Gasteiger partial charge in [-0.25, -0.2) is 9.97 Å². The Hall–Kier alpha value is -2.24. The summed E-state index contributed by atoms with van der Waals surface area (Å²) in [5.74, 6) is 0.796. The average molecular weight is 218 g/mol. The highest BCUT2D eigenvalue weighted by Gasteiger charge is 2.15. The van der Waals surface area contributed by atoms with Crippen LogP contribution in [-0.2, 0) is 6.42 Å². The van der Waals surface area contributed by atoms with E-state index in [0.29, 0.717) is 23.1 Å². The molecule has 1 aromatic heterocycles. The minimum absolute atomic E-state index is 0.0405. The van der Waals surface area contributed by atoms with E-state index in [1.165, 1.54) is 6.07 Å². The highest BCUT2D eigenvalue weighted by molar-refractivity contribution is 5.93. The lowest BCUT2D eigenvalue weighted by molar-refractivity contribution is -0.383. The molecule has 1 aromatic carbocycles. The largest absolute Gasteiger partial charge is 0.383 e. The molecule has 0 atom stereocenters. The molecule has 2 aromatic rings. The summed E-state index contributed by atoms with van der Waals surface area (Å²) < 4.78 is 0. The molecule has 0 bridgehead atoms. The van der Waals surface area contributed by atoms with Crippen LogP contribution in [0.15, 0.2) is 18.2 Å². The Balaban J connectivity index is 2.85. The zero-order valence-electron chi connectivity index (χ0n) is 8.67. The third-order valence-corrected chi connectivity index (χ3v) is 2.29. The first-order valence-electron chi connectivity index (χ1n) is 4.83. The van der Waals surface area contributed by atoms with Gasteiger partial charge in [0.1, 0.15) is 11.6 Å². The molecule has 0 unspecified atom stereocenters. The van der Waals surface area contributed by atoms with Gasteiger partial charge in [0.25, 0.3) is 5.69 Å². The van der Waals surface area contributed by atoms with Gasteiger partial charge >= 0.3 is 0 Å². The molecule has 0 amide bonds. The molecular weight excluding hydrogens is 208 g/mol. The zero-order chi connectivity index (χ0) is 11.7. The second-order valence-corrected chi connectivity index (χ2v) is 3.31. The summed E-state index contributed by atoms with van der Waals surface area (Å²) in [7, 11) is 0. The molecule has 6 nitrogen and oxygen atoms in total. The van der Waals surface area contributed by atoms with Crippen molar-refractivity contribution in [3.63, 3.8) is 0 Å². The van der Waals surface area contributed by atoms with E-state index >= 15 is 0 Å². The number of rotatable bonds is 2. The lowest BCUT2D eigenvalue weighted by atomic mass is 10.2. The van der Waals surface area contributed by atoms with E-state index in [4.69, 9.17) is 5.73 Å². The summed E-state index contributed by atoms with van der Waals surface area (Å²) in [6.07, 6.45) is 0.589. The molecule has 0 saturated carbocycles. The van der Waals surface area contributed by atoms with Crippen molar-refractivity contribution in [2.45, 2.75) is 13.3 Å². The Bertz CT molecular complexity index is 568. The number of non-ortho nitro benzene ring substituents is 1. The minimum Gasteiger partial charge on any atom is -0.383 e. The Morgan fingerprint density at radius 1 is 1.44 bits per heavy atom. The quantitative estimate of drug-likeness (QED) is 0.611. The van der Waals surface area contributed by atoms with Crippen LogP contribution in [0.2, 0.25) is 0 Å². The van der Waals surface area contributed by atoms with Crippen molar-refractivity contribution in [1.29, 1.82) is 0 Å². The fourth-order valence-electron chi connectivity index (χ4n) is 1.51. The topological polar surface area (TPSA) is 94.9 Å². The van der Waals surface area contributed by atoms with Crippen molar-refractivity contribution < 1.29 is 4.92 Å². The summed E-state index contributed by atoms with van der Waals surface area (Å²) in [5.41, 5.74) is 5.99. The van der Waals surface area contributed by atoms with E-state index in [9.17, 15) is 10.1 Å². The van der Waals surface area contributed by atoms with Gasteiger partial charge in [0, 0.05) is 17.9 Å². The minimum atomic E-state index is -0.464. The van der Waals surface area contributed by atoms with Crippen LogP contribution < -0.4 is 5.73 Å². The number of hydrogen-bond acceptors (Lipinski definition) is 5. The van der Waals surface area contributed by atoms with Gasteiger partial charge < -0.3 is 5.73 Å². The van der Waals surface area contributed by atoms with E-state index in [1.807, 2.05) is 6.92 Å². The molecule has 0 spiro atoms. The van der Waals surface area contributed by atoms with Crippen molar-refractivity contribution in [3.05, 3.63) is 34.1 Å². The summed E-state index contributed by atoms with van der Waals surface area (Å²) >= 11 is 0. The maximum Gasteiger partial charge on any atom is 0.295 e. The van der Waals surface area contributed by atoms with Crippen LogP contribution in [0.5, 0.6) is 0 Å². The number of nitrogens with zero attached hydrogens (tertiary/aromatic N) is 3. The predicted octanol–water partition coefficient (Wildman–Crippen LogP) is 1.68. The summed E-state index contributed by atoms with van der Waals surface area (Å²) in [4.78, 5) is 18.6. The SMILES string of the molecule is CCc1nc(N)c2cccc([N+](=O)[O-])c2n1. The first-order valence-corrected chi connectivity index (χ1v) is 4.83. The van der Waals surface area contributed by atoms with Gasteiger partial charge in [-0.05, 0) is 6.07 Å². The number of nitrogens with two attached hydrogens (primary N) is 1. The number of nitro groups is 1. The van der Waals surface area contributed by atoms with Crippen molar-refractivity contribution in [3.8, 4) is 0 Å². The Morgan fingerprint density at radius 3 is 2.81 bits per heavy atom. The number of nitro benzene ring substituents is 1. The van der Waals surface area contributed by atoms with E-state index in [0.717, 1.165) is 0 Å².